The Hall–Kier alpha value is -4.04. The molecule has 2 aliphatic rings. The van der Waals surface area contributed by atoms with E-state index >= 15 is 0 Å². The number of rotatable bonds is 13. The highest BCUT2D eigenvalue weighted by molar-refractivity contribution is 6.23. The lowest BCUT2D eigenvalue weighted by Gasteiger charge is -2.29. The SMILES string of the molecule is CCCCOc1ccc(N2C(=O)[C@@H]3[C@H](ON(c4ccccc4)[C@H]3c3ccc(OCCCC)c(OCC)c3)C2=O)cc1. The molecule has 2 amide bonds. The number of amides is 2. The number of unbranched alkanes of at least 4 members (excludes halogenated alkanes) is 2. The summed E-state index contributed by atoms with van der Waals surface area (Å²) in [6.07, 6.45) is 3.01. The zero-order chi connectivity index (χ0) is 28.8. The topological polar surface area (TPSA) is 77.5 Å². The van der Waals surface area contributed by atoms with E-state index in [0.29, 0.717) is 42.8 Å². The van der Waals surface area contributed by atoms with Crippen LogP contribution >= 0.6 is 0 Å². The van der Waals surface area contributed by atoms with Gasteiger partial charge in [0.2, 0.25) is 5.91 Å². The Labute approximate surface area is 241 Å². The molecule has 41 heavy (non-hydrogen) atoms. The van der Waals surface area contributed by atoms with Crippen molar-refractivity contribution >= 4 is 23.2 Å². The third-order valence-electron chi connectivity index (χ3n) is 7.35. The van der Waals surface area contributed by atoms with Gasteiger partial charge in [0.25, 0.3) is 5.91 Å². The van der Waals surface area contributed by atoms with Crippen molar-refractivity contribution in [2.75, 3.05) is 29.8 Å². The average Bonchev–Trinajstić information content (AvgIpc) is 3.50. The number of hydrogen-bond donors (Lipinski definition) is 0. The van der Waals surface area contributed by atoms with E-state index in [1.807, 2.05) is 55.5 Å². The molecule has 0 saturated carbocycles. The van der Waals surface area contributed by atoms with Crippen molar-refractivity contribution in [2.24, 2.45) is 5.92 Å². The van der Waals surface area contributed by atoms with Gasteiger partial charge in [0.1, 0.15) is 11.7 Å². The normalized spacial score (nSPS) is 19.9. The third-order valence-corrected chi connectivity index (χ3v) is 7.35. The van der Waals surface area contributed by atoms with Gasteiger partial charge in [-0.25, -0.2) is 9.96 Å². The van der Waals surface area contributed by atoms with Crippen LogP contribution in [0.15, 0.2) is 72.8 Å². The molecule has 2 fully saturated rings. The van der Waals surface area contributed by atoms with E-state index in [1.54, 1.807) is 29.3 Å². The largest absolute Gasteiger partial charge is 0.494 e. The lowest BCUT2D eigenvalue weighted by molar-refractivity contribution is -0.126. The van der Waals surface area contributed by atoms with E-state index in [2.05, 4.69) is 13.8 Å². The Kier molecular flexibility index (Phi) is 9.09. The van der Waals surface area contributed by atoms with E-state index in [1.165, 1.54) is 4.90 Å². The fourth-order valence-electron chi connectivity index (χ4n) is 5.26. The molecule has 0 aromatic heterocycles. The molecule has 0 radical (unpaired) electrons. The van der Waals surface area contributed by atoms with E-state index in [0.717, 1.165) is 36.9 Å². The molecule has 2 aliphatic heterocycles. The number of carbonyl (C=O) groups is 2. The van der Waals surface area contributed by atoms with Crippen molar-refractivity contribution in [3.63, 3.8) is 0 Å². The minimum absolute atomic E-state index is 0.302. The number of fused-ring (bicyclic) bond motifs is 1. The van der Waals surface area contributed by atoms with Crippen molar-refractivity contribution in [2.45, 2.75) is 58.6 Å². The van der Waals surface area contributed by atoms with Gasteiger partial charge in [0.15, 0.2) is 17.6 Å². The van der Waals surface area contributed by atoms with Crippen LogP contribution in [0.1, 0.15) is 58.1 Å². The van der Waals surface area contributed by atoms with Gasteiger partial charge >= 0.3 is 0 Å². The van der Waals surface area contributed by atoms with Gasteiger partial charge in [0, 0.05) is 0 Å². The van der Waals surface area contributed by atoms with Gasteiger partial charge in [-0.1, -0.05) is 51.0 Å². The second-order valence-electron chi connectivity index (χ2n) is 10.2. The highest BCUT2D eigenvalue weighted by Crippen LogP contribution is 2.48. The number of hydrogen-bond acceptors (Lipinski definition) is 7. The van der Waals surface area contributed by atoms with Crippen molar-refractivity contribution in [3.8, 4) is 17.2 Å². The molecular weight excluding hydrogens is 520 g/mol. The quantitative estimate of drug-likeness (QED) is 0.175. The van der Waals surface area contributed by atoms with Gasteiger partial charge in [-0.15, -0.1) is 0 Å². The number of hydroxylamine groups is 1. The summed E-state index contributed by atoms with van der Waals surface area (Å²) in [7, 11) is 0. The van der Waals surface area contributed by atoms with Crippen LogP contribution in [0.4, 0.5) is 11.4 Å². The summed E-state index contributed by atoms with van der Waals surface area (Å²) in [6, 6.07) is 21.8. The fourth-order valence-corrected chi connectivity index (χ4v) is 5.26. The molecular formula is C33H38N2O6. The van der Waals surface area contributed by atoms with Crippen LogP contribution in [0.2, 0.25) is 0 Å². The first kappa shape index (κ1) is 28.5. The van der Waals surface area contributed by atoms with Gasteiger partial charge < -0.3 is 14.2 Å². The number of imide groups is 1. The number of para-hydroxylation sites is 1. The lowest BCUT2D eigenvalue weighted by Crippen LogP contribution is -2.37. The number of carbonyl (C=O) groups excluding carboxylic acids is 2. The molecule has 216 valence electrons. The van der Waals surface area contributed by atoms with Gasteiger partial charge in [-0.05, 0) is 73.9 Å². The van der Waals surface area contributed by atoms with Crippen LogP contribution < -0.4 is 24.2 Å². The molecule has 0 aliphatic carbocycles. The van der Waals surface area contributed by atoms with E-state index in [-0.39, 0.29) is 11.8 Å². The third kappa shape index (κ3) is 5.88. The van der Waals surface area contributed by atoms with Crippen molar-refractivity contribution in [3.05, 3.63) is 78.4 Å². The Morgan fingerprint density at radius 1 is 0.732 bits per heavy atom. The Balaban J connectivity index is 1.47. The summed E-state index contributed by atoms with van der Waals surface area (Å²) in [5.41, 5.74) is 2.06. The van der Waals surface area contributed by atoms with E-state index < -0.39 is 18.1 Å². The maximum Gasteiger partial charge on any atom is 0.266 e. The van der Waals surface area contributed by atoms with Crippen molar-refractivity contribution < 1.29 is 28.6 Å². The number of anilines is 2. The second-order valence-corrected chi connectivity index (χ2v) is 10.2. The molecule has 2 saturated heterocycles. The maximum atomic E-state index is 14.0. The average molecular weight is 559 g/mol. The summed E-state index contributed by atoms with van der Waals surface area (Å²) in [5.74, 6) is 0.532. The van der Waals surface area contributed by atoms with Gasteiger partial charge in [0.05, 0.1) is 37.2 Å². The number of ether oxygens (including phenoxy) is 3. The van der Waals surface area contributed by atoms with Crippen LogP contribution in [0.5, 0.6) is 17.2 Å². The predicted octanol–water partition coefficient (Wildman–Crippen LogP) is 6.49. The standard InChI is InChI=1S/C33H38N2O6/c1-4-7-20-39-26-17-15-24(16-18-26)34-32(36)29-30(35(41-31(29)33(34)37)25-12-10-9-11-13-25)23-14-19-27(40-21-8-5-2)28(22-23)38-6-3/h9-19,22,29-31H,4-8,20-21H2,1-3H3/t29-,30-,31-/m0/s1. The molecule has 3 aromatic rings. The Morgan fingerprint density at radius 2 is 1.44 bits per heavy atom. The molecule has 0 spiro atoms. The van der Waals surface area contributed by atoms with Gasteiger partial charge in [-0.2, -0.15) is 0 Å². The van der Waals surface area contributed by atoms with Crippen LogP contribution in [-0.2, 0) is 14.4 Å². The smallest absolute Gasteiger partial charge is 0.266 e. The van der Waals surface area contributed by atoms with Crippen LogP contribution in [0.3, 0.4) is 0 Å². The zero-order valence-corrected chi connectivity index (χ0v) is 24.0. The molecule has 3 aromatic carbocycles. The summed E-state index contributed by atoms with van der Waals surface area (Å²) < 4.78 is 17.7. The monoisotopic (exact) mass is 558 g/mol. The zero-order valence-electron chi connectivity index (χ0n) is 24.0. The first-order valence-corrected chi connectivity index (χ1v) is 14.6. The molecule has 8 nitrogen and oxygen atoms in total. The molecule has 8 heteroatoms. The number of benzene rings is 3. The highest BCUT2D eigenvalue weighted by Gasteiger charge is 2.60. The predicted molar refractivity (Wildman–Crippen MR) is 157 cm³/mol. The maximum absolute atomic E-state index is 14.0. The second kappa shape index (κ2) is 13.1. The summed E-state index contributed by atoms with van der Waals surface area (Å²) in [6.45, 7) is 7.82. The number of nitrogens with zero attached hydrogens (tertiary/aromatic N) is 2. The van der Waals surface area contributed by atoms with Gasteiger partial charge in [-0.3, -0.25) is 14.4 Å². The molecule has 0 bridgehead atoms. The molecule has 5 rings (SSSR count). The van der Waals surface area contributed by atoms with Crippen molar-refractivity contribution in [1.29, 1.82) is 0 Å². The summed E-state index contributed by atoms with van der Waals surface area (Å²) in [4.78, 5) is 35.3. The summed E-state index contributed by atoms with van der Waals surface area (Å²) >= 11 is 0. The molecule has 2 heterocycles. The minimum Gasteiger partial charge on any atom is -0.494 e. The van der Waals surface area contributed by atoms with Crippen LogP contribution in [-0.4, -0.2) is 37.7 Å². The highest BCUT2D eigenvalue weighted by atomic mass is 16.7. The van der Waals surface area contributed by atoms with Crippen LogP contribution in [0.25, 0.3) is 0 Å². The van der Waals surface area contributed by atoms with E-state index in [4.69, 9.17) is 19.0 Å². The first-order chi connectivity index (χ1) is 20.1. The van der Waals surface area contributed by atoms with Crippen LogP contribution in [0, 0.1) is 5.92 Å². The minimum atomic E-state index is -0.954. The lowest BCUT2D eigenvalue weighted by atomic mass is 9.90. The Morgan fingerprint density at radius 3 is 2.12 bits per heavy atom. The molecule has 0 N–H and O–H groups in total. The van der Waals surface area contributed by atoms with E-state index in [9.17, 15) is 9.59 Å². The fraction of sp³-hybridized carbons (Fsp3) is 0.394. The summed E-state index contributed by atoms with van der Waals surface area (Å²) in [5, 5.41) is 1.69. The first-order valence-electron chi connectivity index (χ1n) is 14.6. The molecule has 3 atom stereocenters. The molecule has 0 unspecified atom stereocenters. The Bertz CT molecular complexity index is 1330. The van der Waals surface area contributed by atoms with Crippen molar-refractivity contribution in [1.82, 2.24) is 0 Å².